The third-order valence-corrected chi connectivity index (χ3v) is 2.67. The summed E-state index contributed by atoms with van der Waals surface area (Å²) in [7, 11) is 0. The van der Waals surface area contributed by atoms with Gasteiger partial charge >= 0.3 is 12.1 Å². The van der Waals surface area contributed by atoms with Crippen LogP contribution in [0.5, 0.6) is 0 Å². The van der Waals surface area contributed by atoms with Crippen LogP contribution in [0.4, 0.5) is 22.0 Å². The Bertz CT molecular complexity index is 460. The Labute approximate surface area is 105 Å². The van der Waals surface area contributed by atoms with E-state index < -0.39 is 39.0 Å². The molecule has 0 aliphatic heterocycles. The number of pyridine rings is 1. The van der Waals surface area contributed by atoms with E-state index in [2.05, 4.69) is 4.98 Å². The Hall–Kier alpha value is -1.00. The molecule has 0 atom stereocenters. The highest BCUT2D eigenvalue weighted by atomic mass is 127. The van der Waals surface area contributed by atoms with Crippen molar-refractivity contribution in [2.75, 3.05) is 0 Å². The lowest BCUT2D eigenvalue weighted by molar-refractivity contribution is -0.138. The molecule has 0 aliphatic carbocycles. The molecule has 0 bridgehead atoms. The van der Waals surface area contributed by atoms with Crippen molar-refractivity contribution >= 4 is 28.6 Å². The fourth-order valence-corrected chi connectivity index (χ4v) is 1.79. The number of aromatic nitrogens is 1. The monoisotopic (exact) mass is 367 g/mol. The second kappa shape index (κ2) is 4.70. The van der Waals surface area contributed by atoms with E-state index >= 15 is 0 Å². The van der Waals surface area contributed by atoms with Gasteiger partial charge in [-0.3, -0.25) is 0 Å². The second-order valence-electron chi connectivity index (χ2n) is 2.85. The zero-order valence-electron chi connectivity index (χ0n) is 7.73. The number of carboxylic acid groups (broad SMARTS) is 1. The first kappa shape index (κ1) is 14.1. The summed E-state index contributed by atoms with van der Waals surface area (Å²) in [5.41, 5.74) is -4.35. The summed E-state index contributed by atoms with van der Waals surface area (Å²) in [4.78, 5) is 13.8. The molecule has 94 valence electrons. The minimum absolute atomic E-state index is 0.233. The zero-order valence-corrected chi connectivity index (χ0v) is 9.88. The molecule has 0 aromatic carbocycles. The number of rotatable bonds is 2. The number of hydrogen-bond acceptors (Lipinski definition) is 2. The largest absolute Gasteiger partial charge is 0.478 e. The maximum atomic E-state index is 12.5. The molecule has 1 heterocycles. The summed E-state index contributed by atoms with van der Waals surface area (Å²) < 4.78 is 61.9. The lowest BCUT2D eigenvalue weighted by Gasteiger charge is -2.14. The van der Waals surface area contributed by atoms with E-state index in [-0.39, 0.29) is 6.20 Å². The summed E-state index contributed by atoms with van der Waals surface area (Å²) in [6.07, 6.45) is -8.16. The first-order valence-corrected chi connectivity index (χ1v) is 5.01. The molecule has 0 saturated carbocycles. The van der Waals surface area contributed by atoms with Crippen LogP contribution in [0.1, 0.15) is 27.9 Å². The van der Waals surface area contributed by atoms with Gasteiger partial charge in [0.1, 0.15) is 3.70 Å². The molecule has 0 unspecified atom stereocenters. The molecule has 3 nitrogen and oxygen atoms in total. The van der Waals surface area contributed by atoms with Crippen LogP contribution >= 0.6 is 22.6 Å². The van der Waals surface area contributed by atoms with Gasteiger partial charge in [-0.15, -0.1) is 0 Å². The highest BCUT2D eigenvalue weighted by molar-refractivity contribution is 14.1. The number of halogens is 6. The van der Waals surface area contributed by atoms with Crippen LogP contribution in [0.15, 0.2) is 6.20 Å². The van der Waals surface area contributed by atoms with Crippen LogP contribution in [0.25, 0.3) is 0 Å². The first-order valence-electron chi connectivity index (χ1n) is 3.93. The SMILES string of the molecule is O=C(O)c1c(C(F)(F)F)cnc(I)c1C(F)F. The average molecular weight is 367 g/mol. The van der Waals surface area contributed by atoms with Gasteiger partial charge in [-0.2, -0.15) is 13.2 Å². The van der Waals surface area contributed by atoms with Gasteiger partial charge in [0, 0.05) is 6.20 Å². The van der Waals surface area contributed by atoms with Crippen LogP contribution in [-0.2, 0) is 6.18 Å². The van der Waals surface area contributed by atoms with E-state index in [0.29, 0.717) is 0 Å². The molecule has 1 aromatic heterocycles. The van der Waals surface area contributed by atoms with E-state index in [9.17, 15) is 26.7 Å². The molecule has 0 spiro atoms. The Kier molecular flexibility index (Phi) is 3.89. The lowest BCUT2D eigenvalue weighted by atomic mass is 10.0. The maximum Gasteiger partial charge on any atom is 0.418 e. The number of carbonyl (C=O) groups is 1. The molecule has 1 aromatic rings. The number of alkyl halides is 5. The fraction of sp³-hybridized carbons (Fsp3) is 0.250. The highest BCUT2D eigenvalue weighted by Gasteiger charge is 2.39. The summed E-state index contributed by atoms with van der Waals surface area (Å²) in [6.45, 7) is 0. The molecule has 9 heteroatoms. The second-order valence-corrected chi connectivity index (χ2v) is 3.88. The smallest absolute Gasteiger partial charge is 0.418 e. The van der Waals surface area contributed by atoms with Crippen LogP contribution in [0.2, 0.25) is 0 Å². The van der Waals surface area contributed by atoms with Crippen LogP contribution in [0.3, 0.4) is 0 Å². The van der Waals surface area contributed by atoms with Gasteiger partial charge in [0.25, 0.3) is 6.43 Å². The average Bonchev–Trinajstić information content (AvgIpc) is 2.14. The predicted molar refractivity (Wildman–Crippen MR) is 53.9 cm³/mol. The Balaban J connectivity index is 3.66. The van der Waals surface area contributed by atoms with Crippen LogP contribution in [-0.4, -0.2) is 16.1 Å². The zero-order chi connectivity index (χ0) is 13.4. The number of hydrogen-bond donors (Lipinski definition) is 1. The molecule has 1 rings (SSSR count). The van der Waals surface area contributed by atoms with Crippen molar-refractivity contribution in [3.63, 3.8) is 0 Å². The van der Waals surface area contributed by atoms with Gasteiger partial charge in [-0.05, 0) is 22.6 Å². The molecular weight excluding hydrogens is 364 g/mol. The molecule has 0 radical (unpaired) electrons. The number of aromatic carboxylic acids is 1. The Morgan fingerprint density at radius 2 is 1.94 bits per heavy atom. The van der Waals surface area contributed by atoms with Gasteiger partial charge < -0.3 is 5.11 Å². The molecule has 1 N–H and O–H groups in total. The van der Waals surface area contributed by atoms with E-state index in [0.717, 1.165) is 0 Å². The molecule has 0 saturated heterocycles. The summed E-state index contributed by atoms with van der Waals surface area (Å²) in [5.74, 6) is -2.06. The van der Waals surface area contributed by atoms with Gasteiger partial charge in [0.15, 0.2) is 0 Å². The van der Waals surface area contributed by atoms with Gasteiger partial charge in [0.2, 0.25) is 0 Å². The van der Waals surface area contributed by atoms with Crippen molar-refractivity contribution in [1.82, 2.24) is 4.98 Å². The minimum Gasteiger partial charge on any atom is -0.478 e. The molecule has 0 amide bonds. The third-order valence-electron chi connectivity index (χ3n) is 1.81. The van der Waals surface area contributed by atoms with Crippen LogP contribution in [0, 0.1) is 3.70 Å². The van der Waals surface area contributed by atoms with Crippen molar-refractivity contribution in [1.29, 1.82) is 0 Å². The van der Waals surface area contributed by atoms with Crippen molar-refractivity contribution in [2.45, 2.75) is 12.6 Å². The minimum atomic E-state index is -5.05. The highest BCUT2D eigenvalue weighted by Crippen LogP contribution is 2.37. The van der Waals surface area contributed by atoms with Crippen LogP contribution < -0.4 is 0 Å². The Morgan fingerprint density at radius 3 is 2.29 bits per heavy atom. The van der Waals surface area contributed by atoms with Gasteiger partial charge in [-0.1, -0.05) is 0 Å². The normalized spacial score (nSPS) is 11.9. The number of carboxylic acids is 1. The van der Waals surface area contributed by atoms with Crippen molar-refractivity contribution in [3.05, 3.63) is 26.6 Å². The van der Waals surface area contributed by atoms with E-state index in [4.69, 9.17) is 5.11 Å². The summed E-state index contributed by atoms with van der Waals surface area (Å²) in [5, 5.41) is 8.62. The fourth-order valence-electron chi connectivity index (χ4n) is 1.15. The maximum absolute atomic E-state index is 12.5. The topological polar surface area (TPSA) is 50.2 Å². The van der Waals surface area contributed by atoms with Gasteiger partial charge in [0.05, 0.1) is 16.7 Å². The van der Waals surface area contributed by atoms with E-state index in [1.54, 1.807) is 0 Å². The number of nitrogens with zero attached hydrogens (tertiary/aromatic N) is 1. The molecule has 17 heavy (non-hydrogen) atoms. The van der Waals surface area contributed by atoms with E-state index in [1.807, 2.05) is 0 Å². The lowest BCUT2D eigenvalue weighted by Crippen LogP contribution is -2.17. The summed E-state index contributed by atoms with van der Waals surface area (Å²) >= 11 is 1.26. The van der Waals surface area contributed by atoms with Crippen molar-refractivity contribution in [3.8, 4) is 0 Å². The quantitative estimate of drug-likeness (QED) is 0.496. The standard InChI is InChI=1S/C8H3F5INO2/c9-5(10)4-3(7(16)17)2(8(11,12)13)1-15-6(4)14/h1,5H,(H,16,17). The molecular formula is C8H3F5INO2. The first-order chi connectivity index (χ1) is 7.66. The third kappa shape index (κ3) is 2.82. The van der Waals surface area contributed by atoms with E-state index in [1.165, 1.54) is 22.6 Å². The van der Waals surface area contributed by atoms with Crippen molar-refractivity contribution in [2.24, 2.45) is 0 Å². The van der Waals surface area contributed by atoms with Crippen molar-refractivity contribution < 1.29 is 31.9 Å². The van der Waals surface area contributed by atoms with Gasteiger partial charge in [-0.25, -0.2) is 18.6 Å². The molecule has 0 aliphatic rings. The predicted octanol–water partition coefficient (Wildman–Crippen LogP) is 3.34. The summed E-state index contributed by atoms with van der Waals surface area (Å²) in [6, 6.07) is 0. The molecule has 0 fully saturated rings. The Morgan fingerprint density at radius 1 is 1.41 bits per heavy atom.